The fourth-order valence-corrected chi connectivity index (χ4v) is 2.75. The molecule has 0 aliphatic carbocycles. The molecule has 0 bridgehead atoms. The summed E-state index contributed by atoms with van der Waals surface area (Å²) in [4.78, 5) is 0.0636. The number of rotatable bonds is 6. The summed E-state index contributed by atoms with van der Waals surface area (Å²) in [6, 6.07) is 6.47. The minimum absolute atomic E-state index is 0.0636. The summed E-state index contributed by atoms with van der Waals surface area (Å²) in [5, 5.41) is 15.3. The molecule has 0 aliphatic rings. The van der Waals surface area contributed by atoms with Gasteiger partial charge in [-0.25, -0.2) is 13.6 Å². The van der Waals surface area contributed by atoms with E-state index in [9.17, 15) is 13.5 Å². The van der Waals surface area contributed by atoms with Crippen LogP contribution in [0.25, 0.3) is 0 Å². The lowest BCUT2D eigenvalue weighted by atomic mass is 10.0. The molecule has 1 aromatic carbocycles. The molecule has 4 nitrogen and oxygen atoms in total. The zero-order valence-electron chi connectivity index (χ0n) is 12.8. The molecule has 0 saturated heterocycles. The molecule has 0 saturated carbocycles. The first kappa shape index (κ1) is 17.5. The maximum Gasteiger partial charge on any atom is 0.238 e. The first-order valence-electron chi connectivity index (χ1n) is 6.83. The molecule has 21 heavy (non-hydrogen) atoms. The van der Waals surface area contributed by atoms with Crippen molar-refractivity contribution in [2.45, 2.75) is 44.9 Å². The third-order valence-electron chi connectivity index (χ3n) is 3.20. The topological polar surface area (TPSA) is 80.4 Å². The number of aliphatic hydroxyl groups excluding tert-OH is 1. The molecule has 0 aliphatic heterocycles. The molecule has 116 valence electrons. The summed E-state index contributed by atoms with van der Waals surface area (Å²) < 4.78 is 23.0. The van der Waals surface area contributed by atoms with E-state index < -0.39 is 10.0 Å². The lowest BCUT2D eigenvalue weighted by Gasteiger charge is -2.09. The molecule has 0 atom stereocenters. The Kier molecular flexibility index (Phi) is 6.18. The summed E-state index contributed by atoms with van der Waals surface area (Å²) in [6.07, 6.45) is 3.88. The van der Waals surface area contributed by atoms with Crippen LogP contribution >= 0.6 is 0 Å². The van der Waals surface area contributed by atoms with Gasteiger partial charge in [0.05, 0.1) is 10.7 Å². The van der Waals surface area contributed by atoms with Crippen molar-refractivity contribution in [2.24, 2.45) is 5.14 Å². The molecule has 0 spiro atoms. The molecule has 1 aromatic rings. The zero-order valence-corrected chi connectivity index (χ0v) is 13.6. The minimum atomic E-state index is -3.78. The molecule has 0 amide bonds. The largest absolute Gasteiger partial charge is 0.512 e. The van der Waals surface area contributed by atoms with Crippen molar-refractivity contribution in [1.82, 2.24) is 0 Å². The predicted octanol–water partition coefficient (Wildman–Crippen LogP) is 3.45. The van der Waals surface area contributed by atoms with Crippen LogP contribution in [0.2, 0.25) is 0 Å². The van der Waals surface area contributed by atoms with Crippen LogP contribution in [0.1, 0.15) is 39.2 Å². The Morgan fingerprint density at radius 1 is 1.24 bits per heavy atom. The van der Waals surface area contributed by atoms with Gasteiger partial charge >= 0.3 is 0 Å². The fourth-order valence-electron chi connectivity index (χ4n) is 1.98. The van der Waals surface area contributed by atoms with Crippen molar-refractivity contribution in [3.8, 4) is 0 Å². The molecule has 1 rings (SSSR count). The first-order chi connectivity index (χ1) is 9.71. The Morgan fingerprint density at radius 2 is 1.86 bits per heavy atom. The number of hydrogen-bond donors (Lipinski definition) is 2. The van der Waals surface area contributed by atoms with E-state index in [-0.39, 0.29) is 17.1 Å². The maximum atomic E-state index is 11.5. The SMILES string of the molecule is CC(C)=CCC/C(C)=C(/O)Cc1ccccc1S(N)(=O)=O. The minimum Gasteiger partial charge on any atom is -0.512 e. The molecular weight excluding hydrogens is 286 g/mol. The van der Waals surface area contributed by atoms with E-state index in [0.29, 0.717) is 5.56 Å². The van der Waals surface area contributed by atoms with Crippen molar-refractivity contribution in [3.63, 3.8) is 0 Å². The average molecular weight is 309 g/mol. The molecule has 0 radical (unpaired) electrons. The van der Waals surface area contributed by atoms with E-state index in [0.717, 1.165) is 18.4 Å². The number of nitrogens with two attached hydrogens (primary N) is 1. The Hall–Kier alpha value is -1.59. The van der Waals surface area contributed by atoms with E-state index in [1.807, 2.05) is 20.8 Å². The Labute approximate surface area is 127 Å². The van der Waals surface area contributed by atoms with Crippen LogP contribution < -0.4 is 5.14 Å². The Morgan fingerprint density at radius 3 is 2.43 bits per heavy atom. The molecule has 5 heteroatoms. The molecule has 0 fully saturated rings. The second kappa shape index (κ2) is 7.43. The third-order valence-corrected chi connectivity index (χ3v) is 4.21. The number of hydrogen-bond acceptors (Lipinski definition) is 3. The van der Waals surface area contributed by atoms with Crippen molar-refractivity contribution < 1.29 is 13.5 Å². The summed E-state index contributed by atoms with van der Waals surface area (Å²) in [5.41, 5.74) is 2.61. The highest BCUT2D eigenvalue weighted by molar-refractivity contribution is 7.89. The Balaban J connectivity index is 2.93. The van der Waals surface area contributed by atoms with E-state index in [1.165, 1.54) is 11.6 Å². The van der Waals surface area contributed by atoms with Gasteiger partial charge in [-0.3, -0.25) is 0 Å². The lowest BCUT2D eigenvalue weighted by Crippen LogP contribution is -2.14. The Bertz CT molecular complexity index is 654. The van der Waals surface area contributed by atoms with Crippen LogP contribution in [0.3, 0.4) is 0 Å². The number of primary sulfonamides is 1. The highest BCUT2D eigenvalue weighted by atomic mass is 32.2. The number of allylic oxidation sites excluding steroid dienone is 4. The van der Waals surface area contributed by atoms with E-state index >= 15 is 0 Å². The van der Waals surface area contributed by atoms with Gasteiger partial charge in [-0.15, -0.1) is 0 Å². The fraction of sp³-hybridized carbons (Fsp3) is 0.375. The van der Waals surface area contributed by atoms with Crippen molar-refractivity contribution >= 4 is 10.0 Å². The molecule has 0 heterocycles. The second-order valence-electron chi connectivity index (χ2n) is 5.38. The van der Waals surface area contributed by atoms with Crippen LogP contribution in [-0.2, 0) is 16.4 Å². The molecule has 0 aromatic heterocycles. The highest BCUT2D eigenvalue weighted by Gasteiger charge is 2.14. The highest BCUT2D eigenvalue weighted by Crippen LogP contribution is 2.20. The average Bonchev–Trinajstić information content (AvgIpc) is 2.37. The van der Waals surface area contributed by atoms with Gasteiger partial charge in [0.15, 0.2) is 0 Å². The van der Waals surface area contributed by atoms with Crippen LogP contribution in [0.5, 0.6) is 0 Å². The van der Waals surface area contributed by atoms with Gasteiger partial charge in [-0.05, 0) is 50.8 Å². The molecule has 0 unspecified atom stereocenters. The quantitative estimate of drug-likeness (QED) is 0.624. The zero-order chi connectivity index (χ0) is 16.0. The first-order valence-corrected chi connectivity index (χ1v) is 8.38. The summed E-state index contributed by atoms with van der Waals surface area (Å²) in [6.45, 7) is 5.91. The van der Waals surface area contributed by atoms with Gasteiger partial charge in [0, 0.05) is 6.42 Å². The molecule has 3 N–H and O–H groups in total. The van der Waals surface area contributed by atoms with Gasteiger partial charge in [0.1, 0.15) is 0 Å². The third kappa shape index (κ3) is 5.73. The van der Waals surface area contributed by atoms with E-state index in [4.69, 9.17) is 5.14 Å². The molecular formula is C16H23NO3S. The number of aliphatic hydroxyl groups is 1. The summed E-state index contributed by atoms with van der Waals surface area (Å²) in [7, 11) is -3.78. The summed E-state index contributed by atoms with van der Waals surface area (Å²) >= 11 is 0. The van der Waals surface area contributed by atoms with Crippen molar-refractivity contribution in [3.05, 3.63) is 52.8 Å². The van der Waals surface area contributed by atoms with Gasteiger partial charge < -0.3 is 5.11 Å². The van der Waals surface area contributed by atoms with Gasteiger partial charge in [0.25, 0.3) is 0 Å². The maximum absolute atomic E-state index is 11.5. The summed E-state index contributed by atoms with van der Waals surface area (Å²) in [5.74, 6) is 0.202. The van der Waals surface area contributed by atoms with Crippen LogP contribution in [-0.4, -0.2) is 13.5 Å². The lowest BCUT2D eigenvalue weighted by molar-refractivity contribution is 0.388. The van der Waals surface area contributed by atoms with Crippen molar-refractivity contribution in [2.75, 3.05) is 0 Å². The number of sulfonamides is 1. The predicted molar refractivity (Wildman–Crippen MR) is 85.5 cm³/mol. The van der Waals surface area contributed by atoms with Crippen molar-refractivity contribution in [1.29, 1.82) is 0 Å². The van der Waals surface area contributed by atoms with E-state index in [1.54, 1.807) is 18.2 Å². The van der Waals surface area contributed by atoms with E-state index in [2.05, 4.69) is 6.08 Å². The standard InChI is InChI=1S/C16H23NO3S/c1-12(2)7-6-8-13(3)15(18)11-14-9-4-5-10-16(14)21(17,19)20/h4-5,7,9-10,18H,6,8,11H2,1-3H3,(H2,17,19,20)/b15-13+. The van der Waals surface area contributed by atoms with Crippen LogP contribution in [0.4, 0.5) is 0 Å². The van der Waals surface area contributed by atoms with Gasteiger partial charge in [-0.1, -0.05) is 29.8 Å². The number of benzene rings is 1. The smallest absolute Gasteiger partial charge is 0.238 e. The monoisotopic (exact) mass is 309 g/mol. The second-order valence-corrected chi connectivity index (χ2v) is 6.91. The van der Waals surface area contributed by atoms with Gasteiger partial charge in [-0.2, -0.15) is 0 Å². The van der Waals surface area contributed by atoms with Crippen LogP contribution in [0.15, 0.2) is 52.1 Å². The van der Waals surface area contributed by atoms with Gasteiger partial charge in [0.2, 0.25) is 10.0 Å². The van der Waals surface area contributed by atoms with Crippen LogP contribution in [0, 0.1) is 0 Å². The normalized spacial score (nSPS) is 12.8.